The molecular weight excluding hydrogens is 222 g/mol. The van der Waals surface area contributed by atoms with Crippen molar-refractivity contribution in [3.05, 3.63) is 17.0 Å². The van der Waals surface area contributed by atoms with Crippen LogP contribution < -0.4 is 0 Å². The maximum Gasteiger partial charge on any atom is 0.0683 e. The summed E-state index contributed by atoms with van der Waals surface area (Å²) >= 11 is 0. The third kappa shape index (κ3) is 3.60. The van der Waals surface area contributed by atoms with Gasteiger partial charge in [0.05, 0.1) is 17.2 Å². The quantitative estimate of drug-likeness (QED) is 0.718. The minimum absolute atomic E-state index is 0.191. The SMILES string of the molecule is CCc1c(C)nn(CCCCC(C)(C)C#N)c1C. The maximum atomic E-state index is 8.96. The van der Waals surface area contributed by atoms with Crippen LogP contribution >= 0.6 is 0 Å². The Kier molecular flexibility index (Phi) is 4.95. The van der Waals surface area contributed by atoms with Gasteiger partial charge in [-0.3, -0.25) is 4.68 Å². The average molecular weight is 247 g/mol. The molecule has 0 aliphatic heterocycles. The normalized spacial score (nSPS) is 11.6. The monoisotopic (exact) mass is 247 g/mol. The Labute approximate surface area is 111 Å². The third-order valence-corrected chi connectivity index (χ3v) is 3.61. The summed E-state index contributed by atoms with van der Waals surface area (Å²) in [5.41, 5.74) is 3.65. The van der Waals surface area contributed by atoms with E-state index < -0.39 is 0 Å². The maximum absolute atomic E-state index is 8.96. The van der Waals surface area contributed by atoms with Gasteiger partial charge in [0.1, 0.15) is 0 Å². The van der Waals surface area contributed by atoms with E-state index in [0.29, 0.717) is 0 Å². The van der Waals surface area contributed by atoms with E-state index >= 15 is 0 Å². The molecule has 0 aromatic carbocycles. The summed E-state index contributed by atoms with van der Waals surface area (Å²) < 4.78 is 2.12. The molecule has 0 spiro atoms. The number of nitriles is 1. The van der Waals surface area contributed by atoms with Gasteiger partial charge in [-0.1, -0.05) is 13.3 Å². The second kappa shape index (κ2) is 6.04. The molecule has 0 amide bonds. The van der Waals surface area contributed by atoms with Crippen LogP contribution in [-0.2, 0) is 13.0 Å². The lowest BCUT2D eigenvalue weighted by atomic mass is 9.89. The molecule has 0 bridgehead atoms. The molecule has 0 saturated carbocycles. The first kappa shape index (κ1) is 14.8. The van der Waals surface area contributed by atoms with Crippen molar-refractivity contribution < 1.29 is 0 Å². The molecule has 0 aliphatic rings. The van der Waals surface area contributed by atoms with Gasteiger partial charge in [-0.15, -0.1) is 0 Å². The van der Waals surface area contributed by atoms with Gasteiger partial charge in [0.15, 0.2) is 0 Å². The molecule has 0 aliphatic carbocycles. The summed E-state index contributed by atoms with van der Waals surface area (Å²) in [4.78, 5) is 0. The molecular formula is C15H25N3. The lowest BCUT2D eigenvalue weighted by Gasteiger charge is -2.14. The number of aryl methyl sites for hydroxylation is 2. The van der Waals surface area contributed by atoms with E-state index in [9.17, 15) is 0 Å². The minimum Gasteiger partial charge on any atom is -0.269 e. The fraction of sp³-hybridized carbons (Fsp3) is 0.733. The molecule has 3 nitrogen and oxygen atoms in total. The molecule has 0 N–H and O–H groups in total. The highest BCUT2D eigenvalue weighted by Gasteiger charge is 2.16. The molecule has 1 aromatic rings. The molecule has 18 heavy (non-hydrogen) atoms. The summed E-state index contributed by atoms with van der Waals surface area (Å²) in [6.45, 7) is 11.4. The fourth-order valence-electron chi connectivity index (χ4n) is 2.35. The van der Waals surface area contributed by atoms with E-state index in [1.165, 1.54) is 11.3 Å². The van der Waals surface area contributed by atoms with Crippen molar-refractivity contribution in [3.63, 3.8) is 0 Å². The Bertz CT molecular complexity index is 435. The smallest absolute Gasteiger partial charge is 0.0683 e. The molecule has 100 valence electrons. The second-order valence-corrected chi connectivity index (χ2v) is 5.68. The number of rotatable bonds is 6. The summed E-state index contributed by atoms with van der Waals surface area (Å²) in [7, 11) is 0. The van der Waals surface area contributed by atoms with Gasteiger partial charge in [0.25, 0.3) is 0 Å². The zero-order valence-corrected chi connectivity index (χ0v) is 12.4. The Morgan fingerprint density at radius 3 is 2.44 bits per heavy atom. The average Bonchev–Trinajstić information content (AvgIpc) is 2.60. The van der Waals surface area contributed by atoms with E-state index in [-0.39, 0.29) is 5.41 Å². The zero-order chi connectivity index (χ0) is 13.8. The highest BCUT2D eigenvalue weighted by Crippen LogP contribution is 2.22. The van der Waals surface area contributed by atoms with Crippen molar-refractivity contribution in [2.45, 2.75) is 66.8 Å². The summed E-state index contributed by atoms with van der Waals surface area (Å²) in [5.74, 6) is 0. The van der Waals surface area contributed by atoms with Crippen LogP contribution in [0.3, 0.4) is 0 Å². The predicted molar refractivity (Wildman–Crippen MR) is 74.3 cm³/mol. The van der Waals surface area contributed by atoms with Crippen LogP contribution in [0.5, 0.6) is 0 Å². The highest BCUT2D eigenvalue weighted by atomic mass is 15.3. The number of nitrogens with zero attached hydrogens (tertiary/aromatic N) is 3. The first-order valence-corrected chi connectivity index (χ1v) is 6.85. The molecule has 1 aromatic heterocycles. The van der Waals surface area contributed by atoms with Gasteiger partial charge in [0, 0.05) is 12.2 Å². The minimum atomic E-state index is -0.191. The van der Waals surface area contributed by atoms with Crippen LogP contribution in [0, 0.1) is 30.6 Å². The molecule has 0 saturated heterocycles. The number of unbranched alkanes of at least 4 members (excludes halogenated alkanes) is 1. The molecule has 1 rings (SSSR count). The van der Waals surface area contributed by atoms with Crippen molar-refractivity contribution in [1.29, 1.82) is 5.26 Å². The molecule has 0 unspecified atom stereocenters. The van der Waals surface area contributed by atoms with Crippen LogP contribution in [0.4, 0.5) is 0 Å². The highest BCUT2D eigenvalue weighted by molar-refractivity contribution is 5.24. The van der Waals surface area contributed by atoms with Crippen molar-refractivity contribution >= 4 is 0 Å². The molecule has 1 heterocycles. The van der Waals surface area contributed by atoms with Gasteiger partial charge in [-0.2, -0.15) is 10.4 Å². The van der Waals surface area contributed by atoms with Crippen LogP contribution in [-0.4, -0.2) is 9.78 Å². The molecule has 3 heteroatoms. The summed E-state index contributed by atoms with van der Waals surface area (Å²) in [5, 5.41) is 13.5. The first-order chi connectivity index (χ1) is 8.41. The third-order valence-electron chi connectivity index (χ3n) is 3.61. The predicted octanol–water partition coefficient (Wildman–Crippen LogP) is 3.78. The Morgan fingerprint density at radius 2 is 1.94 bits per heavy atom. The molecule has 0 atom stereocenters. The van der Waals surface area contributed by atoms with Gasteiger partial charge < -0.3 is 0 Å². The first-order valence-electron chi connectivity index (χ1n) is 6.85. The van der Waals surface area contributed by atoms with Crippen LogP contribution in [0.2, 0.25) is 0 Å². The van der Waals surface area contributed by atoms with Crippen LogP contribution in [0.15, 0.2) is 0 Å². The van der Waals surface area contributed by atoms with Gasteiger partial charge >= 0.3 is 0 Å². The summed E-state index contributed by atoms with van der Waals surface area (Å²) in [6.07, 6.45) is 4.19. The van der Waals surface area contributed by atoms with Crippen molar-refractivity contribution in [1.82, 2.24) is 9.78 Å². The van der Waals surface area contributed by atoms with E-state index in [1.54, 1.807) is 0 Å². The zero-order valence-electron chi connectivity index (χ0n) is 12.4. The van der Waals surface area contributed by atoms with Crippen molar-refractivity contribution in [2.75, 3.05) is 0 Å². The topological polar surface area (TPSA) is 41.6 Å². The van der Waals surface area contributed by atoms with E-state index in [2.05, 4.69) is 36.6 Å². The van der Waals surface area contributed by atoms with E-state index in [1.807, 2.05) is 13.8 Å². The Morgan fingerprint density at radius 1 is 1.28 bits per heavy atom. The van der Waals surface area contributed by atoms with Crippen LogP contribution in [0.25, 0.3) is 0 Å². The Hall–Kier alpha value is -1.30. The van der Waals surface area contributed by atoms with E-state index in [4.69, 9.17) is 5.26 Å². The number of hydrogen-bond acceptors (Lipinski definition) is 2. The van der Waals surface area contributed by atoms with Crippen molar-refractivity contribution in [3.8, 4) is 6.07 Å². The number of aromatic nitrogens is 2. The summed E-state index contributed by atoms with van der Waals surface area (Å²) in [6, 6.07) is 2.35. The van der Waals surface area contributed by atoms with Crippen molar-refractivity contribution in [2.24, 2.45) is 5.41 Å². The van der Waals surface area contributed by atoms with E-state index in [0.717, 1.165) is 37.9 Å². The molecule has 0 fully saturated rings. The lowest BCUT2D eigenvalue weighted by Crippen LogP contribution is -2.09. The Balaban J connectivity index is 2.48. The van der Waals surface area contributed by atoms with Gasteiger partial charge in [-0.25, -0.2) is 0 Å². The standard InChI is InChI=1S/C15H25N3/c1-6-14-12(2)17-18(13(14)3)10-8-7-9-15(4,5)11-16/h6-10H2,1-5H3. The molecule has 0 radical (unpaired) electrons. The van der Waals surface area contributed by atoms with Gasteiger partial charge in [0.2, 0.25) is 0 Å². The van der Waals surface area contributed by atoms with Crippen LogP contribution in [0.1, 0.15) is 57.0 Å². The van der Waals surface area contributed by atoms with Gasteiger partial charge in [-0.05, 0) is 52.5 Å². The largest absolute Gasteiger partial charge is 0.269 e. The lowest BCUT2D eigenvalue weighted by molar-refractivity contribution is 0.410. The second-order valence-electron chi connectivity index (χ2n) is 5.68. The number of hydrogen-bond donors (Lipinski definition) is 0. The fourth-order valence-corrected chi connectivity index (χ4v) is 2.35.